The molecule has 394 valence electrons. The lowest BCUT2D eigenvalue weighted by Crippen LogP contribution is -2.44. The van der Waals surface area contributed by atoms with Crippen molar-refractivity contribution in [3.05, 3.63) is 97.2 Å². The number of carboxylic acids is 1. The molecule has 0 aromatic rings. The lowest BCUT2D eigenvalue weighted by atomic mass is 10.0. The van der Waals surface area contributed by atoms with E-state index in [4.69, 9.17) is 18.9 Å². The molecule has 9 nitrogen and oxygen atoms in total. The van der Waals surface area contributed by atoms with E-state index in [1.807, 2.05) is 21.1 Å². The Hall–Kier alpha value is -3.79. The Morgan fingerprint density at radius 2 is 0.826 bits per heavy atom. The minimum atomic E-state index is -1.63. The van der Waals surface area contributed by atoms with Gasteiger partial charge in [0, 0.05) is 12.8 Å². The van der Waals surface area contributed by atoms with Gasteiger partial charge in [0.25, 0.3) is 0 Å². The van der Waals surface area contributed by atoms with Crippen LogP contribution < -0.4 is 5.11 Å². The van der Waals surface area contributed by atoms with Gasteiger partial charge in [-0.1, -0.05) is 195 Å². The summed E-state index contributed by atoms with van der Waals surface area (Å²) in [5.41, 5.74) is 0. The molecule has 0 saturated heterocycles. The highest BCUT2D eigenvalue weighted by Crippen LogP contribution is 2.14. The molecular weight excluding hydrogens is 863 g/mol. The summed E-state index contributed by atoms with van der Waals surface area (Å²) >= 11 is 0. The van der Waals surface area contributed by atoms with E-state index in [1.54, 1.807) is 0 Å². The SMILES string of the molecule is CC/C=C\C/C=C\C/C=C\C/C=C\C/C=C\C/C=C\CCCCCCCCCCCCC(=O)OC(COC(=O)CCCCCCC/C=C\C/C=C\CCCCC)COC(OCC[N+](C)(C)C)C(=O)[O-]. The van der Waals surface area contributed by atoms with E-state index in [-0.39, 0.29) is 38.6 Å². The van der Waals surface area contributed by atoms with Gasteiger partial charge in [-0.3, -0.25) is 9.59 Å². The van der Waals surface area contributed by atoms with Crippen LogP contribution in [0.15, 0.2) is 97.2 Å². The minimum Gasteiger partial charge on any atom is -0.545 e. The highest BCUT2D eigenvalue weighted by Gasteiger charge is 2.22. The summed E-state index contributed by atoms with van der Waals surface area (Å²) in [6.07, 6.45) is 64.4. The van der Waals surface area contributed by atoms with E-state index in [9.17, 15) is 19.5 Å². The van der Waals surface area contributed by atoms with E-state index >= 15 is 0 Å². The van der Waals surface area contributed by atoms with Gasteiger partial charge >= 0.3 is 11.9 Å². The van der Waals surface area contributed by atoms with Crippen LogP contribution in [0.3, 0.4) is 0 Å². The summed E-state index contributed by atoms with van der Waals surface area (Å²) < 4.78 is 22.6. The van der Waals surface area contributed by atoms with E-state index in [1.165, 1.54) is 64.2 Å². The van der Waals surface area contributed by atoms with Crippen molar-refractivity contribution in [2.24, 2.45) is 0 Å². The van der Waals surface area contributed by atoms with Gasteiger partial charge in [-0.15, -0.1) is 0 Å². The van der Waals surface area contributed by atoms with Gasteiger partial charge in [-0.2, -0.15) is 0 Å². The number of likely N-dealkylation sites (N-methyl/N-ethyl adjacent to an activating group) is 1. The van der Waals surface area contributed by atoms with Crippen LogP contribution >= 0.6 is 0 Å². The Labute approximate surface area is 422 Å². The fourth-order valence-corrected chi connectivity index (χ4v) is 7.10. The van der Waals surface area contributed by atoms with Gasteiger partial charge < -0.3 is 33.3 Å². The van der Waals surface area contributed by atoms with Gasteiger partial charge in [0.1, 0.15) is 13.2 Å². The van der Waals surface area contributed by atoms with E-state index in [2.05, 4.69) is 111 Å². The number of nitrogens with zero attached hydrogens (tertiary/aromatic N) is 1. The van der Waals surface area contributed by atoms with Gasteiger partial charge in [0.2, 0.25) is 0 Å². The Kier molecular flexibility index (Phi) is 47.8. The smallest absolute Gasteiger partial charge is 0.306 e. The average molecular weight is 964 g/mol. The lowest BCUT2D eigenvalue weighted by molar-refractivity contribution is -0.870. The summed E-state index contributed by atoms with van der Waals surface area (Å²) in [6, 6.07) is 0. The number of aliphatic carboxylic acids is 1. The van der Waals surface area contributed by atoms with Crippen LogP contribution in [0.2, 0.25) is 0 Å². The minimum absolute atomic E-state index is 0.140. The van der Waals surface area contributed by atoms with Crippen molar-refractivity contribution < 1.29 is 42.9 Å². The Balaban J connectivity index is 4.28. The second-order valence-electron chi connectivity index (χ2n) is 19.1. The third-order valence-corrected chi connectivity index (χ3v) is 11.3. The molecule has 2 atom stereocenters. The third kappa shape index (κ3) is 51.9. The van der Waals surface area contributed by atoms with E-state index in [0.717, 1.165) is 109 Å². The number of esters is 2. The number of carboxylic acid groups (broad SMARTS) is 1. The number of hydrogen-bond donors (Lipinski definition) is 0. The molecule has 0 amide bonds. The van der Waals surface area contributed by atoms with Crippen LogP contribution in [0.5, 0.6) is 0 Å². The fourth-order valence-electron chi connectivity index (χ4n) is 7.10. The molecule has 0 heterocycles. The maximum absolute atomic E-state index is 12.8. The first-order valence-electron chi connectivity index (χ1n) is 27.4. The molecule has 0 aliphatic carbocycles. The normalized spacial score (nSPS) is 13.6. The lowest BCUT2D eigenvalue weighted by Gasteiger charge is -2.26. The van der Waals surface area contributed by atoms with Crippen molar-refractivity contribution in [3.8, 4) is 0 Å². The molecule has 0 rings (SSSR count). The van der Waals surface area contributed by atoms with Gasteiger partial charge in [-0.25, -0.2) is 0 Å². The summed E-state index contributed by atoms with van der Waals surface area (Å²) in [6.45, 7) is 4.57. The van der Waals surface area contributed by atoms with Crippen LogP contribution in [0.4, 0.5) is 0 Å². The van der Waals surface area contributed by atoms with Crippen molar-refractivity contribution in [3.63, 3.8) is 0 Å². The highest BCUT2D eigenvalue weighted by molar-refractivity contribution is 5.70. The zero-order valence-corrected chi connectivity index (χ0v) is 44.6. The number of carbonyl (C=O) groups excluding carboxylic acids is 3. The second kappa shape index (κ2) is 50.6. The molecule has 0 aromatic heterocycles. The summed E-state index contributed by atoms with van der Waals surface area (Å²) in [7, 11) is 5.90. The predicted molar refractivity (Wildman–Crippen MR) is 287 cm³/mol. The largest absolute Gasteiger partial charge is 0.545 e. The fraction of sp³-hybridized carbons (Fsp3) is 0.683. The maximum atomic E-state index is 12.8. The number of quaternary nitrogens is 1. The molecular formula is C60H101NO8. The molecule has 0 spiro atoms. The Morgan fingerprint density at radius 3 is 1.23 bits per heavy atom. The van der Waals surface area contributed by atoms with Crippen molar-refractivity contribution in [1.29, 1.82) is 0 Å². The molecule has 0 radical (unpaired) electrons. The van der Waals surface area contributed by atoms with E-state index < -0.39 is 24.3 Å². The van der Waals surface area contributed by atoms with Crippen LogP contribution in [0.25, 0.3) is 0 Å². The number of hydrogen-bond acceptors (Lipinski definition) is 8. The quantitative estimate of drug-likeness (QED) is 0.0195. The second-order valence-corrected chi connectivity index (χ2v) is 19.1. The number of carbonyl (C=O) groups is 3. The van der Waals surface area contributed by atoms with Crippen LogP contribution in [-0.2, 0) is 33.3 Å². The topological polar surface area (TPSA) is 111 Å². The molecule has 0 bridgehead atoms. The zero-order valence-electron chi connectivity index (χ0n) is 44.6. The molecule has 9 heteroatoms. The van der Waals surface area contributed by atoms with Gasteiger partial charge in [0.05, 0.1) is 40.3 Å². The number of ether oxygens (including phenoxy) is 4. The summed E-state index contributed by atoms with van der Waals surface area (Å²) in [4.78, 5) is 37.2. The van der Waals surface area contributed by atoms with Crippen LogP contribution in [-0.4, -0.2) is 82.3 Å². The first-order valence-corrected chi connectivity index (χ1v) is 27.4. The molecule has 0 saturated carbocycles. The predicted octanol–water partition coefficient (Wildman–Crippen LogP) is 14.4. The van der Waals surface area contributed by atoms with Gasteiger partial charge in [0.15, 0.2) is 12.4 Å². The van der Waals surface area contributed by atoms with Crippen molar-refractivity contribution in [2.45, 2.75) is 219 Å². The van der Waals surface area contributed by atoms with E-state index in [0.29, 0.717) is 17.4 Å². The molecule has 0 fully saturated rings. The molecule has 0 aliphatic rings. The molecule has 0 aliphatic heterocycles. The van der Waals surface area contributed by atoms with Crippen molar-refractivity contribution >= 4 is 17.9 Å². The van der Waals surface area contributed by atoms with Crippen LogP contribution in [0.1, 0.15) is 206 Å². The average Bonchev–Trinajstić information content (AvgIpc) is 3.31. The van der Waals surface area contributed by atoms with Crippen molar-refractivity contribution in [1.82, 2.24) is 0 Å². The van der Waals surface area contributed by atoms with Crippen molar-refractivity contribution in [2.75, 3.05) is 47.5 Å². The number of rotatable bonds is 49. The summed E-state index contributed by atoms with van der Waals surface area (Å²) in [5.74, 6) is -2.32. The monoisotopic (exact) mass is 964 g/mol. The first kappa shape index (κ1) is 65.2. The number of allylic oxidation sites excluding steroid dienone is 16. The first-order chi connectivity index (χ1) is 33.6. The highest BCUT2D eigenvalue weighted by atomic mass is 16.7. The molecule has 0 N–H and O–H groups in total. The van der Waals surface area contributed by atoms with Gasteiger partial charge in [-0.05, 0) is 96.3 Å². The maximum Gasteiger partial charge on any atom is 0.306 e. The summed E-state index contributed by atoms with van der Waals surface area (Å²) in [5, 5.41) is 11.7. The van der Waals surface area contributed by atoms with Crippen LogP contribution in [0, 0.1) is 0 Å². The number of unbranched alkanes of at least 4 members (excludes halogenated alkanes) is 18. The Bertz CT molecular complexity index is 1450. The zero-order chi connectivity index (χ0) is 50.6. The Morgan fingerprint density at radius 1 is 0.449 bits per heavy atom. The third-order valence-electron chi connectivity index (χ3n) is 11.3. The molecule has 2 unspecified atom stereocenters. The molecule has 69 heavy (non-hydrogen) atoms. The molecule has 0 aromatic carbocycles. The standard InChI is InChI=1S/C60H101NO8/c1-6-8-10-12-14-16-18-20-22-23-24-25-26-27-28-29-30-31-32-33-34-35-37-39-41-43-45-47-49-51-58(63)69-56(55-68-60(59(64)65)66-53-52-61(3,4)5)54-67-57(62)50-48-46-44-42-40-38-36-21-19-17-15-13-11-9-7-2/h8,10,14-17,20-22,24-25,27-28,30-31,36,56,60H,6-7,9,11-13,18-19,23,26,29,32-35,37-55H2,1-5H3/b10-8-,16-14-,17-15-,22-20-,25-24-,28-27-,31-30-,36-21-.